The summed E-state index contributed by atoms with van der Waals surface area (Å²) in [5, 5.41) is 26.6. The van der Waals surface area contributed by atoms with E-state index in [0.29, 0.717) is 17.2 Å². The highest BCUT2D eigenvalue weighted by atomic mass is 16.3. The van der Waals surface area contributed by atoms with Gasteiger partial charge in [-0.1, -0.05) is 71.0 Å². The highest BCUT2D eigenvalue weighted by Gasteiger charge is 1.88. The van der Waals surface area contributed by atoms with Crippen molar-refractivity contribution in [3.05, 3.63) is 89.5 Å². The van der Waals surface area contributed by atoms with E-state index in [4.69, 9.17) is 15.3 Å². The summed E-state index contributed by atoms with van der Waals surface area (Å²) < 4.78 is 0. The maximum atomic E-state index is 8.85. The molecule has 29 heavy (non-hydrogen) atoms. The van der Waals surface area contributed by atoms with Crippen molar-refractivity contribution < 1.29 is 15.3 Å². The van der Waals surface area contributed by atoms with Crippen LogP contribution in [-0.4, -0.2) is 15.3 Å². The van der Waals surface area contributed by atoms with Gasteiger partial charge in [0.15, 0.2) is 0 Å². The summed E-state index contributed by atoms with van der Waals surface area (Å²) in [5.74, 6) is 1.02. The largest absolute Gasteiger partial charge is 0.508 e. The zero-order chi connectivity index (χ0) is 22.1. The van der Waals surface area contributed by atoms with Crippen LogP contribution < -0.4 is 0 Å². The standard InChI is InChI=1S/3C8H10O.C2H6/c3*1-2-7-3-5-8(9)6-4-7;1-2/h3*3-6,9H,2H2,1H3;1-2H3. The van der Waals surface area contributed by atoms with Gasteiger partial charge in [-0.3, -0.25) is 0 Å². The molecule has 3 heteroatoms. The number of aryl methyl sites for hydroxylation is 3. The normalized spacial score (nSPS) is 9.00. The summed E-state index contributed by atoms with van der Waals surface area (Å²) in [6.07, 6.45) is 3.08. The summed E-state index contributed by atoms with van der Waals surface area (Å²) in [7, 11) is 0. The summed E-state index contributed by atoms with van der Waals surface area (Å²) in [6, 6.07) is 21.8. The molecule has 0 spiro atoms. The second-order valence-corrected chi connectivity index (χ2v) is 6.06. The summed E-state index contributed by atoms with van der Waals surface area (Å²) >= 11 is 0. The van der Waals surface area contributed by atoms with Crippen LogP contribution in [0, 0.1) is 0 Å². The lowest BCUT2D eigenvalue weighted by Gasteiger charge is -1.93. The summed E-state index contributed by atoms with van der Waals surface area (Å²) in [6.45, 7) is 10.3. The Hall–Kier alpha value is -2.94. The molecule has 0 bridgehead atoms. The van der Waals surface area contributed by atoms with Crippen molar-refractivity contribution in [1.82, 2.24) is 0 Å². The topological polar surface area (TPSA) is 60.7 Å². The molecule has 158 valence electrons. The van der Waals surface area contributed by atoms with Crippen molar-refractivity contribution in [3.8, 4) is 17.2 Å². The van der Waals surface area contributed by atoms with E-state index < -0.39 is 0 Å². The number of hydrogen-bond acceptors (Lipinski definition) is 3. The fraction of sp³-hybridized carbons (Fsp3) is 0.308. The van der Waals surface area contributed by atoms with Crippen LogP contribution in [0.5, 0.6) is 17.2 Å². The smallest absolute Gasteiger partial charge is 0.115 e. The number of benzene rings is 3. The van der Waals surface area contributed by atoms with Gasteiger partial charge in [0, 0.05) is 0 Å². The van der Waals surface area contributed by atoms with Crippen molar-refractivity contribution >= 4 is 0 Å². The van der Waals surface area contributed by atoms with Gasteiger partial charge in [-0.15, -0.1) is 0 Å². The van der Waals surface area contributed by atoms with Crippen LogP contribution in [0.15, 0.2) is 72.8 Å². The van der Waals surface area contributed by atoms with E-state index in [-0.39, 0.29) is 0 Å². The van der Waals surface area contributed by atoms with Crippen LogP contribution in [0.1, 0.15) is 51.3 Å². The van der Waals surface area contributed by atoms with Gasteiger partial charge in [0.25, 0.3) is 0 Å². The second kappa shape index (κ2) is 16.1. The second-order valence-electron chi connectivity index (χ2n) is 6.06. The number of phenols is 3. The Morgan fingerprint density at radius 1 is 0.414 bits per heavy atom. The van der Waals surface area contributed by atoms with Gasteiger partial charge in [-0.05, 0) is 72.4 Å². The molecule has 0 unspecified atom stereocenters. The maximum Gasteiger partial charge on any atom is 0.115 e. The molecular formula is C26H36O3. The van der Waals surface area contributed by atoms with E-state index in [9.17, 15) is 0 Å². The predicted molar refractivity (Wildman–Crippen MR) is 124 cm³/mol. The van der Waals surface area contributed by atoms with Crippen LogP contribution >= 0.6 is 0 Å². The number of aromatic hydroxyl groups is 3. The Kier molecular flexibility index (Phi) is 14.4. The van der Waals surface area contributed by atoms with Crippen molar-refractivity contribution in [2.75, 3.05) is 0 Å². The molecule has 0 saturated heterocycles. The van der Waals surface area contributed by atoms with Crippen molar-refractivity contribution in [2.24, 2.45) is 0 Å². The van der Waals surface area contributed by atoms with Crippen LogP contribution in [0.25, 0.3) is 0 Å². The number of phenolic OH excluding ortho intramolecular Hbond substituents is 3. The quantitative estimate of drug-likeness (QED) is 0.452. The highest BCUT2D eigenvalue weighted by Crippen LogP contribution is 2.10. The van der Waals surface area contributed by atoms with Crippen LogP contribution in [0.3, 0.4) is 0 Å². The zero-order valence-electron chi connectivity index (χ0n) is 18.4. The maximum absolute atomic E-state index is 8.85. The van der Waals surface area contributed by atoms with Gasteiger partial charge in [0.1, 0.15) is 17.2 Å². The highest BCUT2D eigenvalue weighted by molar-refractivity contribution is 5.27. The summed E-state index contributed by atoms with van der Waals surface area (Å²) in [5.41, 5.74) is 3.77. The van der Waals surface area contributed by atoms with Crippen molar-refractivity contribution in [3.63, 3.8) is 0 Å². The molecule has 0 aliphatic heterocycles. The minimum atomic E-state index is 0.340. The van der Waals surface area contributed by atoms with Crippen LogP contribution in [0.2, 0.25) is 0 Å². The molecule has 3 N–H and O–H groups in total. The molecule has 0 aromatic heterocycles. The number of rotatable bonds is 3. The fourth-order valence-corrected chi connectivity index (χ4v) is 2.19. The molecular weight excluding hydrogens is 360 g/mol. The van der Waals surface area contributed by atoms with E-state index in [2.05, 4.69) is 20.8 Å². The third kappa shape index (κ3) is 12.2. The molecule has 0 fully saturated rings. The van der Waals surface area contributed by atoms with Gasteiger partial charge < -0.3 is 15.3 Å². The molecule has 3 aromatic rings. The predicted octanol–water partition coefficient (Wildman–Crippen LogP) is 6.89. The molecule has 0 saturated carbocycles. The van der Waals surface area contributed by atoms with E-state index >= 15 is 0 Å². The molecule has 0 heterocycles. The van der Waals surface area contributed by atoms with Gasteiger partial charge in [0.05, 0.1) is 0 Å². The van der Waals surface area contributed by atoms with Crippen molar-refractivity contribution in [2.45, 2.75) is 53.9 Å². The minimum Gasteiger partial charge on any atom is -0.508 e. The molecule has 3 nitrogen and oxygen atoms in total. The fourth-order valence-electron chi connectivity index (χ4n) is 2.19. The average Bonchev–Trinajstić information content (AvgIpc) is 2.78. The number of hydrogen-bond donors (Lipinski definition) is 3. The van der Waals surface area contributed by atoms with Gasteiger partial charge in [-0.25, -0.2) is 0 Å². The Bertz CT molecular complexity index is 637. The van der Waals surface area contributed by atoms with E-state index in [0.717, 1.165) is 19.3 Å². The lowest BCUT2D eigenvalue weighted by molar-refractivity contribution is 0.474. The monoisotopic (exact) mass is 396 g/mol. The SMILES string of the molecule is CC.CCc1ccc(O)cc1.CCc1ccc(O)cc1.CCc1ccc(O)cc1. The molecule has 3 rings (SSSR count). The van der Waals surface area contributed by atoms with Crippen LogP contribution in [0.4, 0.5) is 0 Å². The van der Waals surface area contributed by atoms with E-state index in [1.54, 1.807) is 36.4 Å². The Morgan fingerprint density at radius 2 is 0.586 bits per heavy atom. The van der Waals surface area contributed by atoms with Gasteiger partial charge >= 0.3 is 0 Å². The molecule has 0 aliphatic carbocycles. The van der Waals surface area contributed by atoms with Crippen LogP contribution in [-0.2, 0) is 19.3 Å². The molecule has 3 aromatic carbocycles. The Morgan fingerprint density at radius 3 is 0.724 bits per heavy atom. The first-order valence-corrected chi connectivity index (χ1v) is 10.3. The first-order valence-electron chi connectivity index (χ1n) is 10.3. The Balaban J connectivity index is 0.000000388. The van der Waals surface area contributed by atoms with E-state index in [1.165, 1.54) is 16.7 Å². The average molecular weight is 397 g/mol. The van der Waals surface area contributed by atoms with E-state index in [1.807, 2.05) is 50.2 Å². The van der Waals surface area contributed by atoms with Crippen molar-refractivity contribution in [1.29, 1.82) is 0 Å². The lowest BCUT2D eigenvalue weighted by atomic mass is 10.2. The molecule has 0 radical (unpaired) electrons. The summed E-state index contributed by atoms with van der Waals surface area (Å²) in [4.78, 5) is 0. The zero-order valence-corrected chi connectivity index (χ0v) is 18.4. The molecule has 0 amide bonds. The third-order valence-electron chi connectivity index (χ3n) is 4.03. The molecule has 0 atom stereocenters. The van der Waals surface area contributed by atoms with Gasteiger partial charge in [-0.2, -0.15) is 0 Å². The minimum absolute atomic E-state index is 0.340. The molecule has 0 aliphatic rings. The van der Waals surface area contributed by atoms with Gasteiger partial charge in [0.2, 0.25) is 0 Å². The lowest BCUT2D eigenvalue weighted by Crippen LogP contribution is -1.75. The first-order chi connectivity index (χ1) is 14.0. The first kappa shape index (κ1) is 26.1. The Labute approximate surface area is 176 Å². The third-order valence-corrected chi connectivity index (χ3v) is 4.03.